The normalized spacial score (nSPS) is 13.0. The number of alkyl halides is 3. The Labute approximate surface area is 88.0 Å². The number of carbonyl (C=O) groups excluding carboxylic acids is 1. The van der Waals surface area contributed by atoms with Crippen molar-refractivity contribution in [1.82, 2.24) is 5.32 Å². The Morgan fingerprint density at radius 1 is 1.38 bits per heavy atom. The summed E-state index contributed by atoms with van der Waals surface area (Å²) < 4.78 is 38.5. The number of carboxylic acids is 1. The number of aliphatic hydroxyl groups is 1. The first kappa shape index (κ1) is 14.5. The van der Waals surface area contributed by atoms with Gasteiger partial charge in [-0.15, -0.1) is 0 Å². The first-order valence-corrected chi connectivity index (χ1v) is 4.10. The van der Waals surface area contributed by atoms with Crippen LogP contribution in [0, 0.1) is 0 Å². The molecular formula is C7H10F3NO5. The molecule has 0 spiro atoms. The lowest BCUT2D eigenvalue weighted by Crippen LogP contribution is -2.42. The molecule has 0 aliphatic rings. The Morgan fingerprint density at radius 2 is 1.94 bits per heavy atom. The molecule has 9 heteroatoms. The number of ether oxygens (including phenoxy) is 1. The summed E-state index contributed by atoms with van der Waals surface area (Å²) in [6, 6.07) is -1.48. The second kappa shape index (κ2) is 6.16. The molecule has 1 unspecified atom stereocenters. The third-order valence-corrected chi connectivity index (χ3v) is 1.37. The van der Waals surface area contributed by atoms with Crippen molar-refractivity contribution in [3.63, 3.8) is 0 Å². The number of carbonyl (C=O) groups is 2. The highest BCUT2D eigenvalue weighted by atomic mass is 19.4. The molecule has 0 fully saturated rings. The zero-order valence-corrected chi connectivity index (χ0v) is 7.95. The van der Waals surface area contributed by atoms with Crippen LogP contribution in [0.25, 0.3) is 0 Å². The van der Waals surface area contributed by atoms with Crippen LogP contribution >= 0.6 is 0 Å². The second-order valence-electron chi connectivity index (χ2n) is 2.74. The van der Waals surface area contributed by atoms with Gasteiger partial charge in [0.05, 0.1) is 0 Å². The van der Waals surface area contributed by atoms with E-state index in [1.165, 1.54) is 0 Å². The maximum Gasteiger partial charge on any atom is 0.422 e. The lowest BCUT2D eigenvalue weighted by Gasteiger charge is -2.13. The van der Waals surface area contributed by atoms with E-state index in [2.05, 4.69) is 4.74 Å². The molecule has 3 N–H and O–H groups in total. The number of carboxylic acid groups (broad SMARTS) is 1. The Morgan fingerprint density at radius 3 is 2.31 bits per heavy atom. The number of hydrogen-bond acceptors (Lipinski definition) is 4. The number of nitrogens with one attached hydrogen (secondary N) is 1. The molecule has 0 aromatic carbocycles. The average molecular weight is 245 g/mol. The minimum Gasteiger partial charge on any atom is -0.480 e. The molecule has 94 valence electrons. The fourth-order valence-electron chi connectivity index (χ4n) is 0.718. The third-order valence-electron chi connectivity index (χ3n) is 1.37. The van der Waals surface area contributed by atoms with Crippen molar-refractivity contribution in [2.45, 2.75) is 18.6 Å². The van der Waals surface area contributed by atoms with Crippen molar-refractivity contribution in [3.05, 3.63) is 0 Å². The minimum absolute atomic E-state index is 0.323. The van der Waals surface area contributed by atoms with E-state index in [9.17, 15) is 22.8 Å². The van der Waals surface area contributed by atoms with Crippen LogP contribution < -0.4 is 5.32 Å². The largest absolute Gasteiger partial charge is 0.480 e. The van der Waals surface area contributed by atoms with Gasteiger partial charge in [-0.05, 0) is 0 Å². The van der Waals surface area contributed by atoms with E-state index in [0.717, 1.165) is 0 Å². The molecule has 0 aromatic rings. The highest BCUT2D eigenvalue weighted by molar-refractivity contribution is 5.79. The molecule has 0 aromatic heterocycles. The summed E-state index contributed by atoms with van der Waals surface area (Å²) >= 11 is 0. The summed E-state index contributed by atoms with van der Waals surface area (Å²) in [6.45, 7) is -2.33. The maximum absolute atomic E-state index is 11.6. The van der Waals surface area contributed by atoms with Crippen molar-refractivity contribution in [1.29, 1.82) is 0 Å². The predicted octanol–water partition coefficient (Wildman–Crippen LogP) is 0.111. The Bertz CT molecular complexity index is 255. The molecule has 0 saturated heterocycles. The van der Waals surface area contributed by atoms with E-state index in [1.54, 1.807) is 5.32 Å². The van der Waals surface area contributed by atoms with Gasteiger partial charge in [-0.25, -0.2) is 9.59 Å². The van der Waals surface area contributed by atoms with Crippen molar-refractivity contribution in [3.8, 4) is 0 Å². The van der Waals surface area contributed by atoms with E-state index in [0.29, 0.717) is 0 Å². The number of amides is 1. The van der Waals surface area contributed by atoms with E-state index in [4.69, 9.17) is 10.2 Å². The predicted molar refractivity (Wildman–Crippen MR) is 43.7 cm³/mol. The van der Waals surface area contributed by atoms with E-state index >= 15 is 0 Å². The van der Waals surface area contributed by atoms with Crippen LogP contribution in [0.15, 0.2) is 0 Å². The number of alkyl carbamates (subject to hydrolysis) is 1. The van der Waals surface area contributed by atoms with Crippen LogP contribution in [-0.2, 0) is 9.53 Å². The summed E-state index contributed by atoms with van der Waals surface area (Å²) in [4.78, 5) is 21.1. The topological polar surface area (TPSA) is 95.9 Å². The van der Waals surface area contributed by atoms with Gasteiger partial charge in [0.2, 0.25) is 0 Å². The molecule has 6 nitrogen and oxygen atoms in total. The van der Waals surface area contributed by atoms with Crippen molar-refractivity contribution >= 4 is 12.1 Å². The van der Waals surface area contributed by atoms with Gasteiger partial charge in [0, 0.05) is 13.0 Å². The number of hydrogen-bond donors (Lipinski definition) is 3. The molecule has 16 heavy (non-hydrogen) atoms. The van der Waals surface area contributed by atoms with Gasteiger partial charge < -0.3 is 20.3 Å². The Hall–Kier alpha value is -1.51. The van der Waals surface area contributed by atoms with Crippen molar-refractivity contribution in [2.24, 2.45) is 0 Å². The maximum atomic E-state index is 11.6. The van der Waals surface area contributed by atoms with Gasteiger partial charge in [0.1, 0.15) is 6.04 Å². The van der Waals surface area contributed by atoms with Crippen LogP contribution in [0.4, 0.5) is 18.0 Å². The number of aliphatic carboxylic acids is 1. The highest BCUT2D eigenvalue weighted by Crippen LogP contribution is 2.14. The molecule has 1 amide bonds. The first-order valence-electron chi connectivity index (χ1n) is 4.10. The smallest absolute Gasteiger partial charge is 0.422 e. The Kier molecular flexibility index (Phi) is 5.57. The van der Waals surface area contributed by atoms with E-state index in [1.807, 2.05) is 0 Å². The van der Waals surface area contributed by atoms with Crippen LogP contribution in [-0.4, -0.2) is 47.7 Å². The molecule has 0 heterocycles. The molecule has 0 radical (unpaired) electrons. The monoisotopic (exact) mass is 245 g/mol. The highest BCUT2D eigenvalue weighted by Gasteiger charge is 2.30. The SMILES string of the molecule is O=C(NC(CCO)C(=O)O)OCC(F)(F)F. The summed E-state index contributed by atoms with van der Waals surface area (Å²) in [5.41, 5.74) is 0. The molecule has 0 aliphatic heterocycles. The standard InChI is InChI=1S/C7H10F3NO5/c8-7(9,10)3-16-6(15)11-4(1-2-12)5(13)14/h4,12H,1-3H2,(H,11,15)(H,13,14). The lowest BCUT2D eigenvalue weighted by molar-refractivity contribution is -0.160. The summed E-state index contributed by atoms with van der Waals surface area (Å²) in [6.07, 6.45) is -6.50. The number of rotatable bonds is 5. The first-order chi connectivity index (χ1) is 7.26. The fraction of sp³-hybridized carbons (Fsp3) is 0.714. The fourth-order valence-corrected chi connectivity index (χ4v) is 0.718. The molecule has 1 atom stereocenters. The quantitative estimate of drug-likeness (QED) is 0.638. The van der Waals surface area contributed by atoms with Crippen LogP contribution in [0.1, 0.15) is 6.42 Å². The van der Waals surface area contributed by atoms with Gasteiger partial charge in [0.15, 0.2) is 6.61 Å². The lowest BCUT2D eigenvalue weighted by atomic mass is 10.2. The van der Waals surface area contributed by atoms with Crippen molar-refractivity contribution < 1.29 is 37.7 Å². The van der Waals surface area contributed by atoms with Gasteiger partial charge in [0.25, 0.3) is 0 Å². The van der Waals surface area contributed by atoms with Gasteiger partial charge >= 0.3 is 18.2 Å². The Balaban J connectivity index is 4.05. The van der Waals surface area contributed by atoms with Crippen LogP contribution in [0.2, 0.25) is 0 Å². The molecule has 0 bridgehead atoms. The van der Waals surface area contributed by atoms with Gasteiger partial charge in [-0.1, -0.05) is 0 Å². The number of aliphatic hydroxyl groups excluding tert-OH is 1. The zero-order valence-electron chi connectivity index (χ0n) is 7.95. The van der Waals surface area contributed by atoms with Crippen molar-refractivity contribution in [2.75, 3.05) is 13.2 Å². The minimum atomic E-state index is -4.67. The van der Waals surface area contributed by atoms with Gasteiger partial charge in [-0.3, -0.25) is 0 Å². The summed E-state index contributed by atoms with van der Waals surface area (Å²) in [5, 5.41) is 18.6. The van der Waals surface area contributed by atoms with E-state index in [-0.39, 0.29) is 6.42 Å². The van der Waals surface area contributed by atoms with Crippen LogP contribution in [0.3, 0.4) is 0 Å². The summed E-state index contributed by atoms with van der Waals surface area (Å²) in [5.74, 6) is -1.47. The molecule has 0 rings (SSSR count). The van der Waals surface area contributed by atoms with Gasteiger partial charge in [-0.2, -0.15) is 13.2 Å². The zero-order chi connectivity index (χ0) is 12.8. The second-order valence-corrected chi connectivity index (χ2v) is 2.74. The molecule has 0 saturated carbocycles. The molecular weight excluding hydrogens is 235 g/mol. The van der Waals surface area contributed by atoms with Crippen LogP contribution in [0.5, 0.6) is 0 Å². The number of halogens is 3. The van der Waals surface area contributed by atoms with E-state index < -0.39 is 37.5 Å². The third kappa shape index (κ3) is 6.87. The average Bonchev–Trinajstić information content (AvgIpc) is 2.13. The molecule has 0 aliphatic carbocycles. The summed E-state index contributed by atoms with van der Waals surface area (Å²) in [7, 11) is 0.